The number of hydrogen-bond acceptors (Lipinski definition) is 4. The van der Waals surface area contributed by atoms with Crippen LogP contribution in [-0.2, 0) is 17.8 Å². The van der Waals surface area contributed by atoms with Crippen LogP contribution in [0.5, 0.6) is 0 Å². The quantitative estimate of drug-likeness (QED) is 0.599. The smallest absolute Gasteiger partial charge is 0.410 e. The summed E-state index contributed by atoms with van der Waals surface area (Å²) in [4.78, 5) is 14.1. The molecule has 0 bridgehead atoms. The number of unbranched alkanes of at least 4 members (excludes halogenated alkanes) is 1. The van der Waals surface area contributed by atoms with E-state index in [1.54, 1.807) is 4.90 Å². The van der Waals surface area contributed by atoms with Gasteiger partial charge >= 0.3 is 6.09 Å². The normalized spacial score (nSPS) is 10.4. The van der Waals surface area contributed by atoms with Gasteiger partial charge in [0, 0.05) is 24.5 Å². The van der Waals surface area contributed by atoms with Gasteiger partial charge in [-0.2, -0.15) is 0 Å². The molecule has 0 radical (unpaired) electrons. The Morgan fingerprint density at radius 1 is 0.917 bits per heavy atom. The topological polar surface area (TPSA) is 81.6 Å². The first kappa shape index (κ1) is 17.7. The predicted molar refractivity (Wildman–Crippen MR) is 97.2 cm³/mol. The number of ether oxygens (including phenoxy) is 1. The lowest BCUT2D eigenvalue weighted by Crippen LogP contribution is -2.31. The van der Waals surface area contributed by atoms with Crippen LogP contribution >= 0.6 is 0 Å². The first-order valence-electron chi connectivity index (χ1n) is 8.19. The zero-order valence-electron chi connectivity index (χ0n) is 14.1. The highest BCUT2D eigenvalue weighted by Crippen LogP contribution is 2.14. The first-order valence-corrected chi connectivity index (χ1v) is 8.19. The van der Waals surface area contributed by atoms with E-state index >= 15 is 0 Å². The van der Waals surface area contributed by atoms with Crippen molar-refractivity contribution in [1.82, 2.24) is 4.90 Å². The standard InChI is InChI=1S/C19H25N3O2/c1-2-3-12-24-19(23)22(13-15-4-8-17(20)9-5-15)14-16-6-10-18(21)11-7-16/h4-11H,2-3,12-14,20-21H2,1H3. The number of amides is 1. The van der Waals surface area contributed by atoms with Crippen LogP contribution in [0.15, 0.2) is 48.5 Å². The summed E-state index contributed by atoms with van der Waals surface area (Å²) in [6.07, 6.45) is 1.55. The van der Waals surface area contributed by atoms with E-state index in [0.29, 0.717) is 31.1 Å². The second-order valence-corrected chi connectivity index (χ2v) is 5.81. The van der Waals surface area contributed by atoms with Crippen LogP contribution in [0.25, 0.3) is 0 Å². The molecule has 0 saturated heterocycles. The van der Waals surface area contributed by atoms with Gasteiger partial charge in [-0.25, -0.2) is 4.79 Å². The van der Waals surface area contributed by atoms with E-state index in [-0.39, 0.29) is 6.09 Å². The predicted octanol–water partition coefficient (Wildman–Crippen LogP) is 3.79. The molecule has 5 heteroatoms. The number of rotatable bonds is 7. The third-order valence-electron chi connectivity index (χ3n) is 3.69. The number of nitrogens with two attached hydrogens (primary N) is 2. The minimum atomic E-state index is -0.308. The highest BCUT2D eigenvalue weighted by Gasteiger charge is 2.16. The maximum absolute atomic E-state index is 12.4. The summed E-state index contributed by atoms with van der Waals surface area (Å²) in [5, 5.41) is 0. The molecule has 0 aromatic heterocycles. The molecule has 0 atom stereocenters. The van der Waals surface area contributed by atoms with E-state index < -0.39 is 0 Å². The molecule has 0 saturated carbocycles. The number of carbonyl (C=O) groups excluding carboxylic acids is 1. The molecule has 2 aromatic carbocycles. The number of nitrogen functional groups attached to an aromatic ring is 2. The van der Waals surface area contributed by atoms with Gasteiger partial charge in [-0.3, -0.25) is 4.90 Å². The van der Waals surface area contributed by atoms with Gasteiger partial charge in [-0.05, 0) is 41.8 Å². The Kier molecular flexibility index (Phi) is 6.49. The minimum Gasteiger partial charge on any atom is -0.449 e. The summed E-state index contributed by atoms with van der Waals surface area (Å²) in [5.41, 5.74) is 14.9. The highest BCUT2D eigenvalue weighted by atomic mass is 16.6. The maximum atomic E-state index is 12.4. The van der Waals surface area contributed by atoms with E-state index in [1.165, 1.54) is 0 Å². The largest absolute Gasteiger partial charge is 0.449 e. The molecule has 0 unspecified atom stereocenters. The molecule has 2 rings (SSSR count). The second kappa shape index (κ2) is 8.82. The Morgan fingerprint density at radius 3 is 1.79 bits per heavy atom. The Morgan fingerprint density at radius 2 is 1.38 bits per heavy atom. The third-order valence-corrected chi connectivity index (χ3v) is 3.69. The number of anilines is 2. The number of benzene rings is 2. The van der Waals surface area contributed by atoms with Gasteiger partial charge in [0.15, 0.2) is 0 Å². The third kappa shape index (κ3) is 5.50. The van der Waals surface area contributed by atoms with Crippen LogP contribution < -0.4 is 11.5 Å². The van der Waals surface area contributed by atoms with Crippen molar-refractivity contribution < 1.29 is 9.53 Å². The molecule has 24 heavy (non-hydrogen) atoms. The van der Waals surface area contributed by atoms with Gasteiger partial charge in [-0.15, -0.1) is 0 Å². The van der Waals surface area contributed by atoms with Crippen molar-refractivity contribution in [1.29, 1.82) is 0 Å². The molecule has 0 aliphatic rings. The van der Waals surface area contributed by atoms with E-state index in [9.17, 15) is 4.79 Å². The zero-order valence-corrected chi connectivity index (χ0v) is 14.1. The van der Waals surface area contributed by atoms with E-state index in [4.69, 9.17) is 16.2 Å². The van der Waals surface area contributed by atoms with E-state index in [1.807, 2.05) is 48.5 Å². The van der Waals surface area contributed by atoms with Gasteiger partial charge < -0.3 is 16.2 Å². The fourth-order valence-electron chi connectivity index (χ4n) is 2.27. The number of nitrogens with zero attached hydrogens (tertiary/aromatic N) is 1. The Balaban J connectivity index is 2.08. The molecule has 0 aliphatic heterocycles. The van der Waals surface area contributed by atoms with E-state index in [0.717, 1.165) is 24.0 Å². The molecule has 5 nitrogen and oxygen atoms in total. The molecule has 2 aromatic rings. The lowest BCUT2D eigenvalue weighted by molar-refractivity contribution is 0.0958. The fourth-order valence-corrected chi connectivity index (χ4v) is 2.27. The van der Waals surface area contributed by atoms with Crippen LogP contribution in [-0.4, -0.2) is 17.6 Å². The fraction of sp³-hybridized carbons (Fsp3) is 0.316. The minimum absolute atomic E-state index is 0.308. The molecular formula is C19H25N3O2. The van der Waals surface area contributed by atoms with Crippen molar-refractivity contribution in [3.05, 3.63) is 59.7 Å². The van der Waals surface area contributed by atoms with Crippen LogP contribution in [0.3, 0.4) is 0 Å². The Bertz CT molecular complexity index is 591. The molecular weight excluding hydrogens is 302 g/mol. The highest BCUT2D eigenvalue weighted by molar-refractivity contribution is 5.67. The Labute approximate surface area is 143 Å². The van der Waals surface area contributed by atoms with Crippen LogP contribution in [0.1, 0.15) is 30.9 Å². The summed E-state index contributed by atoms with van der Waals surface area (Å²) < 4.78 is 5.37. The second-order valence-electron chi connectivity index (χ2n) is 5.81. The molecule has 0 fully saturated rings. The molecule has 128 valence electrons. The molecule has 0 heterocycles. The lowest BCUT2D eigenvalue weighted by Gasteiger charge is -2.22. The van der Waals surface area contributed by atoms with E-state index in [2.05, 4.69) is 6.92 Å². The van der Waals surface area contributed by atoms with Crippen molar-refractivity contribution in [2.45, 2.75) is 32.9 Å². The van der Waals surface area contributed by atoms with Crippen LogP contribution in [0, 0.1) is 0 Å². The maximum Gasteiger partial charge on any atom is 0.410 e. The summed E-state index contributed by atoms with van der Waals surface area (Å²) in [6.45, 7) is 3.44. The van der Waals surface area contributed by atoms with Crippen molar-refractivity contribution in [3.8, 4) is 0 Å². The van der Waals surface area contributed by atoms with Gasteiger partial charge in [0.05, 0.1) is 6.61 Å². The van der Waals surface area contributed by atoms with Gasteiger partial charge in [0.2, 0.25) is 0 Å². The van der Waals surface area contributed by atoms with Crippen molar-refractivity contribution in [3.63, 3.8) is 0 Å². The average molecular weight is 327 g/mol. The molecule has 1 amide bonds. The van der Waals surface area contributed by atoms with Crippen molar-refractivity contribution in [2.75, 3.05) is 18.1 Å². The van der Waals surface area contributed by atoms with Crippen LogP contribution in [0.4, 0.5) is 16.2 Å². The summed E-state index contributed by atoms with van der Waals surface area (Å²) >= 11 is 0. The average Bonchev–Trinajstić information content (AvgIpc) is 2.58. The lowest BCUT2D eigenvalue weighted by atomic mass is 10.1. The Hall–Kier alpha value is -2.69. The molecule has 0 spiro atoms. The monoisotopic (exact) mass is 327 g/mol. The zero-order chi connectivity index (χ0) is 17.4. The van der Waals surface area contributed by atoms with Gasteiger partial charge in [0.25, 0.3) is 0 Å². The first-order chi connectivity index (χ1) is 11.6. The SMILES string of the molecule is CCCCOC(=O)N(Cc1ccc(N)cc1)Cc1ccc(N)cc1. The number of hydrogen-bond donors (Lipinski definition) is 2. The molecule has 4 N–H and O–H groups in total. The van der Waals surface area contributed by atoms with Gasteiger partial charge in [-0.1, -0.05) is 37.6 Å². The molecule has 0 aliphatic carbocycles. The van der Waals surface area contributed by atoms with Gasteiger partial charge in [0.1, 0.15) is 0 Å². The summed E-state index contributed by atoms with van der Waals surface area (Å²) in [6, 6.07) is 15.0. The van der Waals surface area contributed by atoms with Crippen LogP contribution in [0.2, 0.25) is 0 Å². The summed E-state index contributed by atoms with van der Waals surface area (Å²) in [7, 11) is 0. The van der Waals surface area contributed by atoms with Crippen molar-refractivity contribution >= 4 is 17.5 Å². The number of carbonyl (C=O) groups is 1. The summed E-state index contributed by atoms with van der Waals surface area (Å²) in [5.74, 6) is 0. The van der Waals surface area contributed by atoms with Crippen molar-refractivity contribution in [2.24, 2.45) is 0 Å².